The predicted octanol–water partition coefficient (Wildman–Crippen LogP) is 4.22. The number of thiazole rings is 1. The Balaban J connectivity index is 0.00000320. The van der Waals surface area contributed by atoms with Crippen molar-refractivity contribution in [1.82, 2.24) is 20.5 Å². The number of aliphatic imine (C=N–C) groups is 1. The number of guanidine groups is 1. The van der Waals surface area contributed by atoms with Gasteiger partial charge in [-0.05, 0) is 57.0 Å². The minimum Gasteiger partial charge on any atom is -0.497 e. The number of aryl methyl sites for hydroxylation is 1. The quantitative estimate of drug-likeness (QED) is 0.282. The van der Waals surface area contributed by atoms with Crippen LogP contribution in [0.3, 0.4) is 0 Å². The highest BCUT2D eigenvalue weighted by atomic mass is 127. The highest BCUT2D eigenvalue weighted by Gasteiger charge is 2.24. The minimum absolute atomic E-state index is 0. The van der Waals surface area contributed by atoms with Gasteiger partial charge in [0.05, 0.1) is 19.7 Å². The van der Waals surface area contributed by atoms with E-state index in [0.29, 0.717) is 12.6 Å². The zero-order valence-electron chi connectivity index (χ0n) is 18.2. The Bertz CT molecular complexity index is 791. The third kappa shape index (κ3) is 7.09. The molecule has 0 bridgehead atoms. The number of aromatic nitrogens is 1. The number of methoxy groups -OCH3 is 1. The van der Waals surface area contributed by atoms with Crippen LogP contribution in [0.2, 0.25) is 0 Å². The predicted molar refractivity (Wildman–Crippen MR) is 136 cm³/mol. The molecule has 0 amide bonds. The van der Waals surface area contributed by atoms with Crippen LogP contribution in [-0.2, 0) is 13.0 Å². The first-order valence-electron chi connectivity index (χ1n) is 10.6. The van der Waals surface area contributed by atoms with Crippen molar-refractivity contribution in [3.05, 3.63) is 45.9 Å². The molecule has 166 valence electrons. The van der Waals surface area contributed by atoms with E-state index in [-0.39, 0.29) is 24.0 Å². The molecule has 2 heterocycles. The normalized spacial score (nSPS) is 15.5. The van der Waals surface area contributed by atoms with E-state index in [2.05, 4.69) is 52.6 Å². The van der Waals surface area contributed by atoms with Crippen molar-refractivity contribution in [2.45, 2.75) is 45.7 Å². The van der Waals surface area contributed by atoms with Gasteiger partial charge in [-0.25, -0.2) is 9.98 Å². The molecule has 8 heteroatoms. The SMILES string of the molecule is CCNC(=NCc1ncc(CC)s1)NCC(c1cccc(OC)c1)N1CCCC1.I. The molecule has 0 radical (unpaired) electrons. The fourth-order valence-electron chi connectivity index (χ4n) is 3.63. The molecule has 6 nitrogen and oxygen atoms in total. The number of nitrogens with one attached hydrogen (secondary N) is 2. The van der Waals surface area contributed by atoms with E-state index in [4.69, 9.17) is 9.73 Å². The average molecular weight is 544 g/mol. The minimum atomic E-state index is 0. The number of rotatable bonds is 9. The van der Waals surface area contributed by atoms with E-state index in [1.807, 2.05) is 12.3 Å². The van der Waals surface area contributed by atoms with Crippen molar-refractivity contribution in [1.29, 1.82) is 0 Å². The fourth-order valence-corrected chi connectivity index (χ4v) is 4.41. The lowest BCUT2D eigenvalue weighted by Crippen LogP contribution is -2.42. The summed E-state index contributed by atoms with van der Waals surface area (Å²) in [5.74, 6) is 1.75. The van der Waals surface area contributed by atoms with E-state index in [9.17, 15) is 0 Å². The molecule has 1 aliphatic heterocycles. The van der Waals surface area contributed by atoms with Gasteiger partial charge in [0.2, 0.25) is 0 Å². The molecular weight excluding hydrogens is 509 g/mol. The summed E-state index contributed by atoms with van der Waals surface area (Å²) in [4.78, 5) is 13.1. The number of benzene rings is 1. The van der Waals surface area contributed by atoms with Gasteiger partial charge in [0, 0.05) is 24.2 Å². The average Bonchev–Trinajstić information content (AvgIpc) is 3.44. The number of hydrogen-bond donors (Lipinski definition) is 2. The topological polar surface area (TPSA) is 61.8 Å². The van der Waals surface area contributed by atoms with Crippen LogP contribution in [0.15, 0.2) is 35.5 Å². The van der Waals surface area contributed by atoms with Gasteiger partial charge >= 0.3 is 0 Å². The van der Waals surface area contributed by atoms with Crippen molar-refractivity contribution in [3.8, 4) is 5.75 Å². The summed E-state index contributed by atoms with van der Waals surface area (Å²) in [6.07, 6.45) is 5.51. The van der Waals surface area contributed by atoms with E-state index >= 15 is 0 Å². The maximum atomic E-state index is 5.45. The zero-order chi connectivity index (χ0) is 20.5. The first-order chi connectivity index (χ1) is 14.2. The lowest BCUT2D eigenvalue weighted by Gasteiger charge is -2.29. The molecule has 1 aromatic carbocycles. The van der Waals surface area contributed by atoms with Crippen LogP contribution in [0.4, 0.5) is 0 Å². The summed E-state index contributed by atoms with van der Waals surface area (Å²) in [5, 5.41) is 7.98. The summed E-state index contributed by atoms with van der Waals surface area (Å²) in [5.41, 5.74) is 1.28. The van der Waals surface area contributed by atoms with Gasteiger partial charge in [0.15, 0.2) is 5.96 Å². The Morgan fingerprint density at radius 2 is 2.07 bits per heavy atom. The van der Waals surface area contributed by atoms with Crippen molar-refractivity contribution in [2.24, 2.45) is 4.99 Å². The third-order valence-electron chi connectivity index (χ3n) is 5.19. The Morgan fingerprint density at radius 3 is 2.73 bits per heavy atom. The highest BCUT2D eigenvalue weighted by molar-refractivity contribution is 14.0. The second kappa shape index (κ2) is 13.1. The standard InChI is InChI=1S/C22H33N5OS.HI/c1-4-19-14-24-21(29-19)16-26-22(23-5-2)25-15-20(27-11-6-7-12-27)17-9-8-10-18(13-17)28-3;/h8-10,13-14,20H,4-7,11-12,15-16H2,1-3H3,(H2,23,25,26);1H. The molecule has 1 aromatic heterocycles. The number of hydrogen-bond acceptors (Lipinski definition) is 5. The van der Waals surface area contributed by atoms with Gasteiger partial charge in [-0.15, -0.1) is 35.3 Å². The Labute approximate surface area is 201 Å². The number of ether oxygens (including phenoxy) is 1. The molecule has 0 aliphatic carbocycles. The molecule has 0 spiro atoms. The van der Waals surface area contributed by atoms with Crippen LogP contribution in [0.25, 0.3) is 0 Å². The lowest BCUT2D eigenvalue weighted by molar-refractivity contribution is 0.245. The molecule has 1 saturated heterocycles. The molecule has 0 saturated carbocycles. The molecule has 30 heavy (non-hydrogen) atoms. The van der Waals surface area contributed by atoms with Crippen molar-refractivity contribution in [3.63, 3.8) is 0 Å². The second-order valence-electron chi connectivity index (χ2n) is 7.19. The first-order valence-corrected chi connectivity index (χ1v) is 11.4. The number of likely N-dealkylation sites (tertiary alicyclic amines) is 1. The Hall–Kier alpha value is -1.39. The largest absolute Gasteiger partial charge is 0.497 e. The molecule has 2 N–H and O–H groups in total. The van der Waals surface area contributed by atoms with Gasteiger partial charge in [0.1, 0.15) is 10.8 Å². The third-order valence-corrected chi connectivity index (χ3v) is 6.32. The van der Waals surface area contributed by atoms with E-state index in [1.54, 1.807) is 18.4 Å². The van der Waals surface area contributed by atoms with Crippen molar-refractivity contribution < 1.29 is 4.74 Å². The van der Waals surface area contributed by atoms with Gasteiger partial charge in [0.25, 0.3) is 0 Å². The molecule has 1 aliphatic rings. The molecule has 1 fully saturated rings. The lowest BCUT2D eigenvalue weighted by atomic mass is 10.1. The van der Waals surface area contributed by atoms with Crippen LogP contribution >= 0.6 is 35.3 Å². The smallest absolute Gasteiger partial charge is 0.191 e. The van der Waals surface area contributed by atoms with Gasteiger partial charge < -0.3 is 15.4 Å². The van der Waals surface area contributed by atoms with E-state index in [1.165, 1.54) is 23.3 Å². The first kappa shape index (κ1) is 24.9. The van der Waals surface area contributed by atoms with Crippen LogP contribution in [0.1, 0.15) is 48.2 Å². The second-order valence-corrected chi connectivity index (χ2v) is 8.39. The van der Waals surface area contributed by atoms with Crippen LogP contribution in [0.5, 0.6) is 5.75 Å². The molecule has 1 atom stereocenters. The summed E-state index contributed by atoms with van der Waals surface area (Å²) < 4.78 is 5.45. The summed E-state index contributed by atoms with van der Waals surface area (Å²) in [6.45, 7) is 8.76. The molecule has 3 rings (SSSR count). The Morgan fingerprint density at radius 1 is 1.27 bits per heavy atom. The Kier molecular flexibility index (Phi) is 10.9. The van der Waals surface area contributed by atoms with Crippen molar-refractivity contribution in [2.75, 3.05) is 33.3 Å². The molecule has 1 unspecified atom stereocenters. The summed E-state index contributed by atoms with van der Waals surface area (Å²) in [7, 11) is 1.72. The van der Waals surface area contributed by atoms with Gasteiger partial charge in [-0.2, -0.15) is 0 Å². The summed E-state index contributed by atoms with van der Waals surface area (Å²) in [6, 6.07) is 8.71. The van der Waals surface area contributed by atoms with E-state index < -0.39 is 0 Å². The van der Waals surface area contributed by atoms with E-state index in [0.717, 1.165) is 49.3 Å². The maximum absolute atomic E-state index is 5.45. The van der Waals surface area contributed by atoms with Gasteiger partial charge in [-0.3, -0.25) is 4.90 Å². The monoisotopic (exact) mass is 543 g/mol. The van der Waals surface area contributed by atoms with Crippen molar-refractivity contribution >= 4 is 41.3 Å². The van der Waals surface area contributed by atoms with Crippen LogP contribution < -0.4 is 15.4 Å². The van der Waals surface area contributed by atoms with Crippen LogP contribution in [-0.4, -0.2) is 49.1 Å². The number of nitrogens with zero attached hydrogens (tertiary/aromatic N) is 3. The fraction of sp³-hybridized carbons (Fsp3) is 0.545. The number of halogens is 1. The molecule has 2 aromatic rings. The zero-order valence-corrected chi connectivity index (χ0v) is 21.3. The highest BCUT2D eigenvalue weighted by Crippen LogP contribution is 2.27. The summed E-state index contributed by atoms with van der Waals surface area (Å²) >= 11 is 1.74. The van der Waals surface area contributed by atoms with Crippen LogP contribution in [0, 0.1) is 0 Å². The molecular formula is C22H34IN5OS. The maximum Gasteiger partial charge on any atom is 0.191 e. The van der Waals surface area contributed by atoms with Gasteiger partial charge in [-0.1, -0.05) is 19.1 Å².